The summed E-state index contributed by atoms with van der Waals surface area (Å²) < 4.78 is 12.3. The normalized spacial score (nSPS) is 30.1. The molecule has 0 saturated heterocycles. The van der Waals surface area contributed by atoms with Gasteiger partial charge in [-0.2, -0.15) is 0 Å². The van der Waals surface area contributed by atoms with Gasteiger partial charge in [-0.1, -0.05) is 28.6 Å². The molecule has 3 aliphatic rings. The standard InChI is InChI=1S/C11H15BrO.C11H21NO2/c1-3-10(12)8-7-9(2)13-11-5-4-6-11;12-9-5-11(6-9)7-10(8-11)14-4-2-1-3-13/h3,7-8,11H,2,4-6H2,1H3;9-10,13H,1-8,12H2/b8-7-,10-3+;. The molecule has 0 radical (unpaired) electrons. The molecular formula is C22H36BrNO3. The summed E-state index contributed by atoms with van der Waals surface area (Å²) in [6, 6.07) is 0.463. The Morgan fingerprint density at radius 1 is 1.19 bits per heavy atom. The van der Waals surface area contributed by atoms with E-state index in [9.17, 15) is 0 Å². The fourth-order valence-corrected chi connectivity index (χ4v) is 4.02. The number of unbranched alkanes of at least 4 members (excludes halogenated alkanes) is 1. The summed E-state index contributed by atoms with van der Waals surface area (Å²) in [7, 11) is 0. The van der Waals surface area contributed by atoms with Gasteiger partial charge in [0.1, 0.15) is 5.76 Å². The number of halogens is 1. The Morgan fingerprint density at radius 2 is 1.89 bits per heavy atom. The number of hydrogen-bond donors (Lipinski definition) is 2. The predicted octanol–water partition coefficient (Wildman–Crippen LogP) is 4.97. The lowest BCUT2D eigenvalue weighted by atomic mass is 9.53. The number of aliphatic hydroxyl groups is 1. The van der Waals surface area contributed by atoms with E-state index in [1.807, 2.05) is 25.2 Å². The monoisotopic (exact) mass is 441 g/mol. The first-order chi connectivity index (χ1) is 13.0. The van der Waals surface area contributed by atoms with E-state index in [4.69, 9.17) is 20.3 Å². The van der Waals surface area contributed by atoms with Crippen LogP contribution in [0.4, 0.5) is 0 Å². The number of nitrogens with two attached hydrogens (primary N) is 1. The van der Waals surface area contributed by atoms with Gasteiger partial charge in [0.2, 0.25) is 0 Å². The van der Waals surface area contributed by atoms with Crippen LogP contribution in [0.3, 0.4) is 0 Å². The van der Waals surface area contributed by atoms with E-state index in [-0.39, 0.29) is 6.61 Å². The molecule has 0 aromatic heterocycles. The van der Waals surface area contributed by atoms with Crippen LogP contribution >= 0.6 is 15.9 Å². The Morgan fingerprint density at radius 3 is 2.41 bits per heavy atom. The molecule has 0 heterocycles. The molecule has 27 heavy (non-hydrogen) atoms. The van der Waals surface area contributed by atoms with E-state index in [1.165, 1.54) is 44.9 Å². The molecule has 3 rings (SSSR count). The highest BCUT2D eigenvalue weighted by Gasteiger charge is 2.52. The van der Waals surface area contributed by atoms with Crippen molar-refractivity contribution in [3.8, 4) is 0 Å². The molecule has 0 aromatic rings. The highest BCUT2D eigenvalue weighted by molar-refractivity contribution is 9.11. The van der Waals surface area contributed by atoms with E-state index < -0.39 is 0 Å². The molecule has 0 aromatic carbocycles. The van der Waals surface area contributed by atoms with Crippen molar-refractivity contribution < 1.29 is 14.6 Å². The lowest BCUT2D eigenvalue weighted by Gasteiger charge is -2.56. The van der Waals surface area contributed by atoms with E-state index in [0.717, 1.165) is 29.7 Å². The molecule has 3 fully saturated rings. The maximum absolute atomic E-state index is 8.59. The molecule has 4 nitrogen and oxygen atoms in total. The van der Waals surface area contributed by atoms with Crippen LogP contribution in [0.1, 0.15) is 64.7 Å². The molecule has 3 saturated carbocycles. The topological polar surface area (TPSA) is 64.7 Å². The van der Waals surface area contributed by atoms with Crippen LogP contribution in [0.2, 0.25) is 0 Å². The van der Waals surface area contributed by atoms with Gasteiger partial charge in [0, 0.05) is 23.7 Å². The fourth-order valence-electron chi connectivity index (χ4n) is 3.88. The van der Waals surface area contributed by atoms with Gasteiger partial charge < -0.3 is 20.3 Å². The van der Waals surface area contributed by atoms with E-state index in [2.05, 4.69) is 22.5 Å². The lowest BCUT2D eigenvalue weighted by molar-refractivity contribution is -0.124. The summed E-state index contributed by atoms with van der Waals surface area (Å²) in [5, 5.41) is 8.59. The van der Waals surface area contributed by atoms with Crippen LogP contribution in [0.15, 0.2) is 35.0 Å². The second-order valence-electron chi connectivity index (χ2n) is 8.14. The first-order valence-electron chi connectivity index (χ1n) is 10.3. The number of aliphatic hydroxyl groups excluding tert-OH is 1. The van der Waals surface area contributed by atoms with Gasteiger partial charge >= 0.3 is 0 Å². The van der Waals surface area contributed by atoms with Crippen molar-refractivity contribution in [2.45, 2.75) is 83.0 Å². The largest absolute Gasteiger partial charge is 0.491 e. The molecule has 0 amide bonds. The van der Waals surface area contributed by atoms with Gasteiger partial charge in [-0.05, 0) is 82.3 Å². The summed E-state index contributed by atoms with van der Waals surface area (Å²) in [6.07, 6.45) is 17.1. The van der Waals surface area contributed by atoms with Gasteiger partial charge in [0.15, 0.2) is 0 Å². The van der Waals surface area contributed by atoms with Crippen molar-refractivity contribution in [3.05, 3.63) is 35.0 Å². The minimum atomic E-state index is 0.285. The average Bonchev–Trinajstić information content (AvgIpc) is 2.56. The number of hydrogen-bond acceptors (Lipinski definition) is 4. The van der Waals surface area contributed by atoms with Crippen LogP contribution in [0, 0.1) is 5.41 Å². The number of rotatable bonds is 9. The Kier molecular flexibility index (Phi) is 9.57. The van der Waals surface area contributed by atoms with Crippen LogP contribution in [-0.2, 0) is 9.47 Å². The molecule has 0 unspecified atom stereocenters. The van der Waals surface area contributed by atoms with Gasteiger partial charge in [-0.3, -0.25) is 0 Å². The van der Waals surface area contributed by atoms with E-state index >= 15 is 0 Å². The molecule has 0 bridgehead atoms. The molecule has 5 heteroatoms. The summed E-state index contributed by atoms with van der Waals surface area (Å²) in [5.41, 5.74) is 6.36. The summed E-state index contributed by atoms with van der Waals surface area (Å²) in [5.74, 6) is 0.753. The Bertz CT molecular complexity index is 514. The predicted molar refractivity (Wildman–Crippen MR) is 115 cm³/mol. The fraction of sp³-hybridized carbons (Fsp3) is 0.727. The molecular weight excluding hydrogens is 406 g/mol. The zero-order chi connectivity index (χ0) is 19.7. The Labute approximate surface area is 173 Å². The first kappa shape index (κ1) is 22.7. The zero-order valence-corrected chi connectivity index (χ0v) is 18.3. The van der Waals surface area contributed by atoms with Crippen molar-refractivity contribution in [2.75, 3.05) is 13.2 Å². The highest BCUT2D eigenvalue weighted by Crippen LogP contribution is 2.56. The van der Waals surface area contributed by atoms with Crippen LogP contribution in [-0.4, -0.2) is 36.6 Å². The van der Waals surface area contributed by atoms with Crippen LogP contribution < -0.4 is 5.73 Å². The second-order valence-corrected chi connectivity index (χ2v) is 9.06. The van der Waals surface area contributed by atoms with Gasteiger partial charge in [0.25, 0.3) is 0 Å². The molecule has 154 valence electrons. The van der Waals surface area contributed by atoms with Crippen molar-refractivity contribution in [1.29, 1.82) is 0 Å². The average molecular weight is 442 g/mol. The minimum Gasteiger partial charge on any atom is -0.491 e. The van der Waals surface area contributed by atoms with Gasteiger partial charge in [0.05, 0.1) is 12.2 Å². The lowest BCUT2D eigenvalue weighted by Crippen LogP contribution is -2.55. The maximum Gasteiger partial charge on any atom is 0.112 e. The van der Waals surface area contributed by atoms with Crippen molar-refractivity contribution in [2.24, 2.45) is 11.1 Å². The van der Waals surface area contributed by atoms with Crippen molar-refractivity contribution in [1.82, 2.24) is 0 Å². The third kappa shape index (κ3) is 7.72. The third-order valence-electron chi connectivity index (χ3n) is 5.69. The van der Waals surface area contributed by atoms with Crippen molar-refractivity contribution >= 4 is 15.9 Å². The third-order valence-corrected chi connectivity index (χ3v) is 6.41. The van der Waals surface area contributed by atoms with Crippen molar-refractivity contribution in [3.63, 3.8) is 0 Å². The molecule has 3 N–H and O–H groups in total. The van der Waals surface area contributed by atoms with Gasteiger partial charge in [-0.15, -0.1) is 0 Å². The van der Waals surface area contributed by atoms with E-state index in [1.54, 1.807) is 0 Å². The Balaban J connectivity index is 0.000000194. The summed E-state index contributed by atoms with van der Waals surface area (Å²) >= 11 is 3.38. The minimum absolute atomic E-state index is 0.285. The second kappa shape index (κ2) is 11.4. The molecule has 3 aliphatic carbocycles. The maximum atomic E-state index is 8.59. The number of ether oxygens (including phenoxy) is 2. The SMILES string of the molecule is C=C(/C=C\C(Br)=C/C)OC1CCC1.NC1CC2(C1)CC(OCCCCO)C2. The summed E-state index contributed by atoms with van der Waals surface area (Å²) in [6.45, 7) is 6.90. The molecule has 0 aliphatic heterocycles. The van der Waals surface area contributed by atoms with Crippen LogP contribution in [0.5, 0.6) is 0 Å². The summed E-state index contributed by atoms with van der Waals surface area (Å²) in [4.78, 5) is 0. The highest BCUT2D eigenvalue weighted by atomic mass is 79.9. The zero-order valence-electron chi connectivity index (χ0n) is 16.7. The first-order valence-corrected chi connectivity index (χ1v) is 11.1. The number of allylic oxidation sites excluding steroid dienone is 4. The van der Waals surface area contributed by atoms with E-state index in [0.29, 0.717) is 23.7 Å². The smallest absolute Gasteiger partial charge is 0.112 e. The van der Waals surface area contributed by atoms with Crippen LogP contribution in [0.25, 0.3) is 0 Å². The Hall–Kier alpha value is -0.620. The quantitative estimate of drug-likeness (QED) is 0.301. The molecule has 0 atom stereocenters. The molecule has 1 spiro atoms. The van der Waals surface area contributed by atoms with Gasteiger partial charge in [-0.25, -0.2) is 0 Å².